The van der Waals surface area contributed by atoms with E-state index in [1.54, 1.807) is 38.1 Å². The topological polar surface area (TPSA) is 123 Å². The van der Waals surface area contributed by atoms with E-state index in [2.05, 4.69) is 0 Å². The molecule has 0 radical (unpaired) electrons. The number of hydrogen-bond donors (Lipinski definition) is 2. The molecule has 0 aliphatic rings. The van der Waals surface area contributed by atoms with Crippen molar-refractivity contribution in [1.82, 2.24) is 0 Å². The maximum atomic E-state index is 12.2. The lowest BCUT2D eigenvalue weighted by molar-refractivity contribution is 0.0517. The molecular formula is C20H24N2O6S2. The molecule has 0 aliphatic carbocycles. The van der Waals surface area contributed by atoms with Gasteiger partial charge in [-0.25, -0.2) is 9.59 Å². The van der Waals surface area contributed by atoms with Gasteiger partial charge in [-0.05, 0) is 59.7 Å². The summed E-state index contributed by atoms with van der Waals surface area (Å²) in [6.45, 7) is 3.90. The molecule has 8 nitrogen and oxygen atoms in total. The molecule has 0 fully saturated rings. The highest BCUT2D eigenvalue weighted by Crippen LogP contribution is 2.50. The van der Waals surface area contributed by atoms with Gasteiger partial charge in [-0.3, -0.25) is 0 Å². The third-order valence-electron chi connectivity index (χ3n) is 3.96. The van der Waals surface area contributed by atoms with Gasteiger partial charge >= 0.3 is 11.9 Å². The molecule has 30 heavy (non-hydrogen) atoms. The van der Waals surface area contributed by atoms with E-state index in [0.717, 1.165) is 0 Å². The lowest BCUT2D eigenvalue weighted by atomic mass is 10.1. The summed E-state index contributed by atoms with van der Waals surface area (Å²) in [7, 11) is 5.46. The zero-order valence-corrected chi connectivity index (χ0v) is 18.8. The third kappa shape index (κ3) is 5.06. The molecular weight excluding hydrogens is 428 g/mol. The molecule has 0 atom stereocenters. The fraction of sp³-hybridized carbons (Fsp3) is 0.300. The summed E-state index contributed by atoms with van der Waals surface area (Å²) < 4.78 is 20.9. The van der Waals surface area contributed by atoms with Crippen LogP contribution in [0.2, 0.25) is 0 Å². The molecule has 2 aromatic carbocycles. The van der Waals surface area contributed by atoms with Crippen molar-refractivity contribution in [3.63, 3.8) is 0 Å². The van der Waals surface area contributed by atoms with Crippen LogP contribution in [0.3, 0.4) is 0 Å². The van der Waals surface area contributed by atoms with Gasteiger partial charge in [0.25, 0.3) is 0 Å². The Hall–Kier alpha value is -2.72. The van der Waals surface area contributed by atoms with Crippen LogP contribution in [-0.2, 0) is 9.47 Å². The highest BCUT2D eigenvalue weighted by molar-refractivity contribution is 8.76. The maximum Gasteiger partial charge on any atom is 0.340 e. The van der Waals surface area contributed by atoms with Crippen LogP contribution in [0.4, 0.5) is 11.4 Å². The van der Waals surface area contributed by atoms with Gasteiger partial charge in [-0.15, -0.1) is 0 Å². The fourth-order valence-electron chi connectivity index (χ4n) is 2.51. The SMILES string of the molecule is CCOC(=O)c1ccc(OC)c(SSc2c(OC)ccc(C(=O)OCC)c2N)c1N. The van der Waals surface area contributed by atoms with E-state index in [9.17, 15) is 9.59 Å². The van der Waals surface area contributed by atoms with Gasteiger partial charge in [0, 0.05) is 0 Å². The summed E-state index contributed by atoms with van der Waals surface area (Å²) in [6.07, 6.45) is 0. The number of carbonyl (C=O) groups is 2. The minimum absolute atomic E-state index is 0.226. The first kappa shape index (κ1) is 23.6. The van der Waals surface area contributed by atoms with Gasteiger partial charge in [0.15, 0.2) is 0 Å². The van der Waals surface area contributed by atoms with Crippen LogP contribution in [0.5, 0.6) is 11.5 Å². The summed E-state index contributed by atoms with van der Waals surface area (Å²) in [4.78, 5) is 25.4. The molecule has 0 amide bonds. The van der Waals surface area contributed by atoms with Gasteiger partial charge in [-0.2, -0.15) is 0 Å². The second-order valence-electron chi connectivity index (χ2n) is 5.72. The fourth-order valence-corrected chi connectivity index (χ4v) is 5.07. The Morgan fingerprint density at radius 2 is 1.13 bits per heavy atom. The molecule has 0 heterocycles. The smallest absolute Gasteiger partial charge is 0.340 e. The van der Waals surface area contributed by atoms with Crippen molar-refractivity contribution < 1.29 is 28.5 Å². The zero-order chi connectivity index (χ0) is 22.3. The maximum absolute atomic E-state index is 12.2. The average Bonchev–Trinajstić information content (AvgIpc) is 2.73. The van der Waals surface area contributed by atoms with Gasteiger partial charge in [0.2, 0.25) is 0 Å². The number of rotatable bonds is 9. The van der Waals surface area contributed by atoms with Crippen molar-refractivity contribution in [2.45, 2.75) is 23.6 Å². The van der Waals surface area contributed by atoms with Crippen LogP contribution in [0, 0.1) is 0 Å². The lowest BCUT2D eigenvalue weighted by Gasteiger charge is -2.16. The third-order valence-corrected chi connectivity index (χ3v) is 6.47. The number of hydrogen-bond acceptors (Lipinski definition) is 10. The van der Waals surface area contributed by atoms with Crippen molar-refractivity contribution >= 4 is 44.9 Å². The van der Waals surface area contributed by atoms with Gasteiger partial charge in [0.05, 0.1) is 59.7 Å². The minimum atomic E-state index is -0.522. The van der Waals surface area contributed by atoms with Crippen LogP contribution in [0.15, 0.2) is 34.1 Å². The average molecular weight is 453 g/mol. The summed E-state index contributed by atoms with van der Waals surface area (Å²) in [5.74, 6) is -0.0777. The first-order valence-electron chi connectivity index (χ1n) is 9.01. The molecule has 0 bridgehead atoms. The summed E-state index contributed by atoms with van der Waals surface area (Å²) in [6, 6.07) is 6.39. The Morgan fingerprint density at radius 3 is 1.43 bits per heavy atom. The van der Waals surface area contributed by atoms with Crippen LogP contribution < -0.4 is 20.9 Å². The molecule has 0 unspecified atom stereocenters. The number of benzene rings is 2. The van der Waals surface area contributed by atoms with Gasteiger partial charge < -0.3 is 30.4 Å². The molecule has 10 heteroatoms. The number of methoxy groups -OCH3 is 2. The van der Waals surface area contributed by atoms with Gasteiger partial charge in [-0.1, -0.05) is 0 Å². The van der Waals surface area contributed by atoms with E-state index in [4.69, 9.17) is 30.4 Å². The molecule has 2 aromatic rings. The number of nitrogens with two attached hydrogens (primary N) is 2. The van der Waals surface area contributed by atoms with E-state index in [-0.39, 0.29) is 35.7 Å². The first-order chi connectivity index (χ1) is 14.4. The summed E-state index contributed by atoms with van der Waals surface area (Å²) in [5, 5.41) is 0. The van der Waals surface area contributed by atoms with E-state index < -0.39 is 11.9 Å². The highest BCUT2D eigenvalue weighted by Gasteiger charge is 2.22. The van der Waals surface area contributed by atoms with Crippen molar-refractivity contribution in [1.29, 1.82) is 0 Å². The Kier molecular flexibility index (Phi) is 8.55. The summed E-state index contributed by atoms with van der Waals surface area (Å²) >= 11 is 0. The molecule has 0 saturated heterocycles. The second kappa shape index (κ2) is 10.9. The Balaban J connectivity index is 2.43. The second-order valence-corrected chi connectivity index (χ2v) is 7.87. The monoisotopic (exact) mass is 452 g/mol. The molecule has 0 spiro atoms. The molecule has 0 saturated carbocycles. The molecule has 4 N–H and O–H groups in total. The predicted octanol–water partition coefficient (Wildman–Crippen LogP) is 4.02. The normalized spacial score (nSPS) is 10.4. The van der Waals surface area contributed by atoms with E-state index >= 15 is 0 Å². The van der Waals surface area contributed by atoms with Crippen molar-refractivity contribution in [3.05, 3.63) is 35.4 Å². The van der Waals surface area contributed by atoms with Crippen LogP contribution in [0.1, 0.15) is 34.6 Å². The molecule has 2 rings (SSSR count). The number of carbonyl (C=O) groups excluding carboxylic acids is 2. The Morgan fingerprint density at radius 1 is 0.767 bits per heavy atom. The van der Waals surface area contributed by atoms with Crippen LogP contribution >= 0.6 is 21.6 Å². The van der Waals surface area contributed by atoms with E-state index in [0.29, 0.717) is 21.3 Å². The molecule has 0 aromatic heterocycles. The zero-order valence-electron chi connectivity index (χ0n) is 17.1. The Labute approximate surface area is 183 Å². The highest BCUT2D eigenvalue weighted by atomic mass is 33.1. The minimum Gasteiger partial charge on any atom is -0.495 e. The number of ether oxygens (including phenoxy) is 4. The lowest BCUT2D eigenvalue weighted by Crippen LogP contribution is -2.09. The summed E-state index contributed by atoms with van der Waals surface area (Å²) in [5.41, 5.74) is 13.4. The Bertz CT molecular complexity index is 860. The van der Waals surface area contributed by atoms with Crippen molar-refractivity contribution in [2.75, 3.05) is 38.9 Å². The van der Waals surface area contributed by atoms with Gasteiger partial charge in [0.1, 0.15) is 11.5 Å². The molecule has 0 aliphatic heterocycles. The van der Waals surface area contributed by atoms with Crippen molar-refractivity contribution in [3.8, 4) is 11.5 Å². The van der Waals surface area contributed by atoms with Crippen molar-refractivity contribution in [2.24, 2.45) is 0 Å². The predicted molar refractivity (Wildman–Crippen MR) is 118 cm³/mol. The number of anilines is 2. The number of esters is 2. The molecule has 162 valence electrons. The van der Waals surface area contributed by atoms with Crippen LogP contribution in [0.25, 0.3) is 0 Å². The van der Waals surface area contributed by atoms with Crippen LogP contribution in [-0.4, -0.2) is 39.4 Å². The number of nitrogen functional groups attached to an aromatic ring is 2. The largest absolute Gasteiger partial charge is 0.495 e. The quantitative estimate of drug-likeness (QED) is 0.327. The van der Waals surface area contributed by atoms with E-state index in [1.807, 2.05) is 0 Å². The van der Waals surface area contributed by atoms with E-state index in [1.165, 1.54) is 35.8 Å². The standard InChI is InChI=1S/C20H24N2O6S2/c1-5-27-19(23)11-7-9-13(25-3)17(15(11)21)29-30-18-14(26-4)10-8-12(16(18)22)20(24)28-6-2/h7-10H,5-6,21-22H2,1-4H3. The first-order valence-corrected chi connectivity index (χ1v) is 11.2.